The minimum atomic E-state index is 0.459. The molecule has 0 amide bonds. The first-order chi connectivity index (χ1) is 7.78. The van der Waals surface area contributed by atoms with Gasteiger partial charge in [-0.2, -0.15) is 0 Å². The molecule has 1 N–H and O–H groups in total. The molecular formula is C10H8N4OS. The Morgan fingerprint density at radius 3 is 3.12 bits per heavy atom. The molecule has 3 aromatic rings. The second kappa shape index (κ2) is 3.28. The number of carbonyl (C=O) groups excluding carboxylic acids is 1. The van der Waals surface area contributed by atoms with Gasteiger partial charge in [-0.25, -0.2) is 9.97 Å². The third-order valence-corrected chi connectivity index (χ3v) is 3.38. The van der Waals surface area contributed by atoms with Crippen molar-refractivity contribution in [3.8, 4) is 10.7 Å². The van der Waals surface area contributed by atoms with Crippen molar-refractivity contribution in [2.75, 3.05) is 0 Å². The van der Waals surface area contributed by atoms with Gasteiger partial charge >= 0.3 is 0 Å². The van der Waals surface area contributed by atoms with Gasteiger partial charge in [0.15, 0.2) is 11.2 Å². The molecule has 0 spiro atoms. The van der Waals surface area contributed by atoms with Crippen LogP contribution in [0, 0.1) is 6.92 Å². The van der Waals surface area contributed by atoms with Crippen LogP contribution in [0.5, 0.6) is 0 Å². The van der Waals surface area contributed by atoms with Crippen molar-refractivity contribution in [1.82, 2.24) is 19.4 Å². The fraction of sp³-hybridized carbons (Fsp3) is 0.100. The number of nitrogens with one attached hydrogen (secondary N) is 1. The van der Waals surface area contributed by atoms with Crippen LogP contribution in [0.15, 0.2) is 18.6 Å². The molecule has 0 atom stereocenters. The van der Waals surface area contributed by atoms with E-state index >= 15 is 0 Å². The maximum Gasteiger partial charge on any atom is 0.194 e. The molecule has 0 unspecified atom stereocenters. The Morgan fingerprint density at radius 1 is 1.56 bits per heavy atom. The largest absolute Gasteiger partial charge is 0.341 e. The van der Waals surface area contributed by atoms with Gasteiger partial charge in [0, 0.05) is 24.3 Å². The molecule has 3 rings (SSSR count). The Labute approximate surface area is 94.8 Å². The first-order valence-corrected chi connectivity index (χ1v) is 5.54. The van der Waals surface area contributed by atoms with Crippen molar-refractivity contribution >= 4 is 22.6 Å². The number of aldehydes is 1. The number of hydrogen-bond donors (Lipinski definition) is 1. The van der Waals surface area contributed by atoms with E-state index < -0.39 is 0 Å². The van der Waals surface area contributed by atoms with E-state index in [-0.39, 0.29) is 0 Å². The van der Waals surface area contributed by atoms with Gasteiger partial charge in [-0.05, 0) is 6.92 Å². The lowest BCUT2D eigenvalue weighted by atomic mass is 10.4. The summed E-state index contributed by atoms with van der Waals surface area (Å²) in [6.45, 7) is 1.83. The van der Waals surface area contributed by atoms with E-state index in [1.807, 2.05) is 23.7 Å². The highest BCUT2D eigenvalue weighted by atomic mass is 32.1. The van der Waals surface area contributed by atoms with Crippen LogP contribution in [-0.2, 0) is 0 Å². The topological polar surface area (TPSA) is 63.1 Å². The van der Waals surface area contributed by atoms with Crippen LogP contribution < -0.4 is 0 Å². The number of aryl methyl sites for hydroxylation is 1. The molecule has 0 aliphatic carbocycles. The number of aromatic amines is 1. The molecule has 80 valence electrons. The van der Waals surface area contributed by atoms with Crippen molar-refractivity contribution in [3.05, 3.63) is 30.0 Å². The fourth-order valence-corrected chi connectivity index (χ4v) is 2.43. The SMILES string of the molecule is Cc1[nH]c(-c2cn3ccnc3s2)nc1C=O. The number of rotatable bonds is 2. The highest BCUT2D eigenvalue weighted by Crippen LogP contribution is 2.26. The molecule has 0 aliphatic heterocycles. The number of aromatic nitrogens is 4. The molecular weight excluding hydrogens is 224 g/mol. The van der Waals surface area contributed by atoms with Gasteiger partial charge in [0.1, 0.15) is 11.5 Å². The lowest BCUT2D eigenvalue weighted by Gasteiger charge is -1.86. The van der Waals surface area contributed by atoms with Crippen LogP contribution in [0.1, 0.15) is 16.2 Å². The predicted molar refractivity (Wildman–Crippen MR) is 60.8 cm³/mol. The summed E-state index contributed by atoms with van der Waals surface area (Å²) in [6.07, 6.45) is 6.33. The van der Waals surface area contributed by atoms with Crippen molar-refractivity contribution in [2.45, 2.75) is 6.92 Å². The Hall–Kier alpha value is -1.95. The van der Waals surface area contributed by atoms with E-state index in [4.69, 9.17) is 0 Å². The molecule has 5 nitrogen and oxygen atoms in total. The van der Waals surface area contributed by atoms with Gasteiger partial charge in [-0.1, -0.05) is 11.3 Å². The minimum Gasteiger partial charge on any atom is -0.341 e. The molecule has 0 fully saturated rings. The summed E-state index contributed by atoms with van der Waals surface area (Å²) in [5.74, 6) is 0.718. The van der Waals surface area contributed by atoms with Gasteiger partial charge in [0.2, 0.25) is 0 Å². The van der Waals surface area contributed by atoms with Gasteiger partial charge in [0.25, 0.3) is 0 Å². The highest BCUT2D eigenvalue weighted by molar-refractivity contribution is 7.20. The number of thiazole rings is 1. The quantitative estimate of drug-likeness (QED) is 0.686. The average Bonchev–Trinajstić information content (AvgIpc) is 2.88. The van der Waals surface area contributed by atoms with Crippen LogP contribution in [0.4, 0.5) is 0 Å². The van der Waals surface area contributed by atoms with E-state index in [0.29, 0.717) is 5.69 Å². The second-order valence-electron chi connectivity index (χ2n) is 3.43. The van der Waals surface area contributed by atoms with E-state index in [1.54, 1.807) is 6.20 Å². The van der Waals surface area contributed by atoms with Gasteiger partial charge in [-0.3, -0.25) is 9.20 Å². The summed E-state index contributed by atoms with van der Waals surface area (Å²) < 4.78 is 1.93. The van der Waals surface area contributed by atoms with Crippen LogP contribution >= 0.6 is 11.3 Å². The lowest BCUT2D eigenvalue weighted by molar-refractivity contribution is 0.111. The van der Waals surface area contributed by atoms with Crippen molar-refractivity contribution in [3.63, 3.8) is 0 Å². The fourth-order valence-electron chi connectivity index (χ4n) is 1.54. The maximum atomic E-state index is 10.7. The number of H-pyrrole nitrogens is 1. The zero-order valence-corrected chi connectivity index (χ0v) is 9.28. The molecule has 16 heavy (non-hydrogen) atoms. The van der Waals surface area contributed by atoms with Crippen LogP contribution in [0.2, 0.25) is 0 Å². The first-order valence-electron chi connectivity index (χ1n) is 4.72. The summed E-state index contributed by atoms with van der Waals surface area (Å²) in [5, 5.41) is 0. The summed E-state index contributed by atoms with van der Waals surface area (Å²) in [4.78, 5) is 24.1. The zero-order chi connectivity index (χ0) is 11.1. The van der Waals surface area contributed by atoms with Crippen LogP contribution in [0.3, 0.4) is 0 Å². The van der Waals surface area contributed by atoms with E-state index in [2.05, 4.69) is 15.0 Å². The Balaban J connectivity index is 2.15. The van der Waals surface area contributed by atoms with Crippen molar-refractivity contribution in [1.29, 1.82) is 0 Å². The minimum absolute atomic E-state index is 0.459. The number of fused-ring (bicyclic) bond motifs is 1. The molecule has 6 heteroatoms. The highest BCUT2D eigenvalue weighted by Gasteiger charge is 2.11. The molecule has 3 heterocycles. The van der Waals surface area contributed by atoms with E-state index in [9.17, 15) is 4.79 Å². The predicted octanol–water partition coefficient (Wildman–Crippen LogP) is 1.91. The monoisotopic (exact) mass is 232 g/mol. The maximum absolute atomic E-state index is 10.7. The Morgan fingerprint density at radius 2 is 2.44 bits per heavy atom. The van der Waals surface area contributed by atoms with Crippen molar-refractivity contribution in [2.24, 2.45) is 0 Å². The average molecular weight is 232 g/mol. The first kappa shape index (κ1) is 9.29. The summed E-state index contributed by atoms with van der Waals surface area (Å²) in [7, 11) is 0. The third kappa shape index (κ3) is 1.27. The Bertz CT molecular complexity index is 635. The van der Waals surface area contributed by atoms with E-state index in [1.165, 1.54) is 11.3 Å². The molecule has 0 bridgehead atoms. The molecule has 0 aromatic carbocycles. The summed E-state index contributed by atoms with van der Waals surface area (Å²) in [6, 6.07) is 0. The van der Waals surface area contributed by atoms with Crippen LogP contribution in [-0.4, -0.2) is 25.6 Å². The summed E-state index contributed by atoms with van der Waals surface area (Å²) in [5.41, 5.74) is 1.25. The Kier molecular flexibility index (Phi) is 1.90. The number of carbonyl (C=O) groups is 1. The lowest BCUT2D eigenvalue weighted by Crippen LogP contribution is -1.81. The van der Waals surface area contributed by atoms with Gasteiger partial charge < -0.3 is 4.98 Å². The third-order valence-electron chi connectivity index (χ3n) is 2.36. The zero-order valence-electron chi connectivity index (χ0n) is 8.47. The molecule has 3 aromatic heterocycles. The number of hydrogen-bond acceptors (Lipinski definition) is 4. The molecule has 0 aliphatic rings. The van der Waals surface area contributed by atoms with Gasteiger partial charge in [-0.15, -0.1) is 0 Å². The molecule has 0 radical (unpaired) electrons. The van der Waals surface area contributed by atoms with Gasteiger partial charge in [0.05, 0.1) is 4.88 Å². The number of nitrogens with zero attached hydrogens (tertiary/aromatic N) is 3. The van der Waals surface area contributed by atoms with Crippen LogP contribution in [0.25, 0.3) is 15.7 Å². The molecule has 0 saturated carbocycles. The summed E-state index contributed by atoms with van der Waals surface area (Å²) >= 11 is 1.53. The standard InChI is InChI=1S/C10H8N4OS/c1-6-7(5-15)13-9(12-6)8-4-14-3-2-11-10(14)16-8/h2-5H,1H3,(H,12,13). The normalized spacial score (nSPS) is 11.1. The number of imidazole rings is 2. The second-order valence-corrected chi connectivity index (χ2v) is 4.44. The smallest absolute Gasteiger partial charge is 0.194 e. The van der Waals surface area contributed by atoms with Crippen molar-refractivity contribution < 1.29 is 4.79 Å². The van der Waals surface area contributed by atoms with E-state index in [0.717, 1.165) is 27.6 Å². The molecule has 0 saturated heterocycles.